The maximum atomic E-state index is 5.68. The lowest BCUT2D eigenvalue weighted by Crippen LogP contribution is -1.90. The van der Waals surface area contributed by atoms with Crippen LogP contribution in [0.15, 0.2) is 67.1 Å². The minimum absolute atomic E-state index is 0.766. The molecule has 1 heterocycles. The molecule has 3 rings (SSSR count). The average molecular weight is 235 g/mol. The Balaban J connectivity index is 1.97. The molecule has 0 saturated heterocycles. The highest BCUT2D eigenvalue weighted by Crippen LogP contribution is 2.18. The highest BCUT2D eigenvalue weighted by Gasteiger charge is 2.02. The van der Waals surface area contributed by atoms with Crippen LogP contribution in [0.1, 0.15) is 0 Å². The molecule has 0 aliphatic rings. The minimum atomic E-state index is 0.766. The third kappa shape index (κ3) is 1.98. The molecule has 0 radical (unpaired) electrons. The van der Waals surface area contributed by atoms with Crippen molar-refractivity contribution in [3.05, 3.63) is 67.1 Å². The van der Waals surface area contributed by atoms with Gasteiger partial charge < -0.3 is 10.3 Å². The number of nitrogens with two attached hydrogens (primary N) is 1. The maximum Gasteiger partial charge on any atom is 0.0999 e. The molecule has 3 nitrogen and oxygen atoms in total. The van der Waals surface area contributed by atoms with E-state index in [1.165, 1.54) is 0 Å². The molecule has 88 valence electrons. The van der Waals surface area contributed by atoms with E-state index in [0.717, 1.165) is 22.6 Å². The van der Waals surface area contributed by atoms with Crippen molar-refractivity contribution in [2.45, 2.75) is 0 Å². The summed E-state index contributed by atoms with van der Waals surface area (Å²) in [6.45, 7) is 0. The van der Waals surface area contributed by atoms with E-state index in [9.17, 15) is 0 Å². The number of hydrogen-bond donors (Lipinski definition) is 1. The fraction of sp³-hybridized carbons (Fsp3) is 0. The smallest absolute Gasteiger partial charge is 0.0999 e. The number of rotatable bonds is 2. The summed E-state index contributed by atoms with van der Waals surface area (Å²) in [7, 11) is 0. The van der Waals surface area contributed by atoms with Crippen LogP contribution in [0.3, 0.4) is 0 Å². The first-order valence-corrected chi connectivity index (χ1v) is 5.78. The van der Waals surface area contributed by atoms with E-state index in [2.05, 4.69) is 17.1 Å². The Hall–Kier alpha value is -2.55. The van der Waals surface area contributed by atoms with Crippen LogP contribution in [-0.2, 0) is 0 Å². The summed E-state index contributed by atoms with van der Waals surface area (Å²) in [4.78, 5) is 4.42. The molecule has 0 spiro atoms. The second-order valence-corrected chi connectivity index (χ2v) is 4.12. The largest absolute Gasteiger partial charge is 0.399 e. The maximum absolute atomic E-state index is 5.68. The molecule has 18 heavy (non-hydrogen) atoms. The Morgan fingerprint density at radius 1 is 0.889 bits per heavy atom. The van der Waals surface area contributed by atoms with Gasteiger partial charge in [0.15, 0.2) is 0 Å². The van der Waals surface area contributed by atoms with Crippen molar-refractivity contribution in [2.24, 2.45) is 0 Å². The Labute approximate surface area is 106 Å². The number of nitrogen functional groups attached to an aromatic ring is 1. The molecule has 1 aromatic heterocycles. The van der Waals surface area contributed by atoms with E-state index in [0.29, 0.717) is 0 Å². The normalized spacial score (nSPS) is 10.4. The van der Waals surface area contributed by atoms with Gasteiger partial charge in [-0.3, -0.25) is 0 Å². The first kappa shape index (κ1) is 10.6. The Morgan fingerprint density at radius 3 is 2.33 bits per heavy atom. The van der Waals surface area contributed by atoms with Crippen LogP contribution < -0.4 is 5.73 Å². The minimum Gasteiger partial charge on any atom is -0.399 e. The van der Waals surface area contributed by atoms with Crippen LogP contribution in [0, 0.1) is 0 Å². The summed E-state index contributed by atoms with van der Waals surface area (Å²) >= 11 is 0. The van der Waals surface area contributed by atoms with Gasteiger partial charge in [0.25, 0.3) is 0 Å². The quantitative estimate of drug-likeness (QED) is 0.693. The molecular weight excluding hydrogens is 222 g/mol. The molecule has 0 aliphatic carbocycles. The lowest BCUT2D eigenvalue weighted by atomic mass is 10.2. The number of benzene rings is 2. The molecule has 3 aromatic rings. The number of imidazole rings is 1. The predicted molar refractivity (Wildman–Crippen MR) is 73.4 cm³/mol. The molecule has 0 aliphatic heterocycles. The van der Waals surface area contributed by atoms with Crippen LogP contribution >= 0.6 is 0 Å². The van der Waals surface area contributed by atoms with Gasteiger partial charge in [-0.25, -0.2) is 4.98 Å². The lowest BCUT2D eigenvalue weighted by Gasteiger charge is -2.01. The van der Waals surface area contributed by atoms with Gasteiger partial charge in [0.05, 0.1) is 12.0 Å². The highest BCUT2D eigenvalue weighted by molar-refractivity contribution is 5.58. The summed E-state index contributed by atoms with van der Waals surface area (Å²) in [5.74, 6) is 0. The zero-order valence-corrected chi connectivity index (χ0v) is 9.82. The molecule has 2 N–H and O–H groups in total. The van der Waals surface area contributed by atoms with E-state index in [1.54, 1.807) is 0 Å². The van der Waals surface area contributed by atoms with Gasteiger partial charge in [-0.1, -0.05) is 30.3 Å². The number of aromatic nitrogens is 2. The molecule has 0 saturated carbocycles. The molecule has 0 amide bonds. The molecule has 2 aromatic carbocycles. The highest BCUT2D eigenvalue weighted by atomic mass is 15.0. The van der Waals surface area contributed by atoms with Gasteiger partial charge in [0, 0.05) is 23.1 Å². The molecule has 0 bridgehead atoms. The van der Waals surface area contributed by atoms with Gasteiger partial charge in [-0.2, -0.15) is 0 Å². The Morgan fingerprint density at radius 2 is 1.61 bits per heavy atom. The lowest BCUT2D eigenvalue weighted by molar-refractivity contribution is 1.06. The van der Waals surface area contributed by atoms with Crippen molar-refractivity contribution < 1.29 is 0 Å². The van der Waals surface area contributed by atoms with Crippen molar-refractivity contribution in [1.29, 1.82) is 0 Å². The van der Waals surface area contributed by atoms with Crippen LogP contribution in [0.25, 0.3) is 16.9 Å². The SMILES string of the molecule is Nc1ccc(-n2cnc(-c3ccccc3)c2)cc1. The molecule has 0 atom stereocenters. The second-order valence-electron chi connectivity index (χ2n) is 4.12. The third-order valence-corrected chi connectivity index (χ3v) is 2.84. The van der Waals surface area contributed by atoms with Crippen LogP contribution in [0.4, 0.5) is 5.69 Å². The average Bonchev–Trinajstić information content (AvgIpc) is 2.90. The fourth-order valence-corrected chi connectivity index (χ4v) is 1.87. The van der Waals surface area contributed by atoms with Crippen LogP contribution in [0.5, 0.6) is 0 Å². The summed E-state index contributed by atoms with van der Waals surface area (Å²) in [5, 5.41) is 0. The van der Waals surface area contributed by atoms with Crippen molar-refractivity contribution in [3.63, 3.8) is 0 Å². The summed E-state index contributed by atoms with van der Waals surface area (Å²) < 4.78 is 1.99. The molecule has 0 fully saturated rings. The monoisotopic (exact) mass is 235 g/mol. The molecule has 3 heteroatoms. The van der Waals surface area contributed by atoms with Crippen molar-refractivity contribution in [2.75, 3.05) is 5.73 Å². The van der Waals surface area contributed by atoms with Gasteiger partial charge in [-0.05, 0) is 24.3 Å². The topological polar surface area (TPSA) is 43.8 Å². The standard InChI is InChI=1S/C15H13N3/c16-13-6-8-14(9-7-13)18-10-15(17-11-18)12-4-2-1-3-5-12/h1-11H,16H2. The first-order valence-electron chi connectivity index (χ1n) is 5.78. The van der Waals surface area contributed by atoms with Gasteiger partial charge >= 0.3 is 0 Å². The first-order chi connectivity index (χ1) is 8.83. The van der Waals surface area contributed by atoms with E-state index < -0.39 is 0 Å². The Kier molecular flexibility index (Phi) is 2.57. The zero-order chi connectivity index (χ0) is 12.4. The zero-order valence-electron chi connectivity index (χ0n) is 9.82. The van der Waals surface area contributed by atoms with Gasteiger partial charge in [-0.15, -0.1) is 0 Å². The van der Waals surface area contributed by atoms with E-state index in [4.69, 9.17) is 5.73 Å². The number of nitrogens with zero attached hydrogens (tertiary/aromatic N) is 2. The summed E-state index contributed by atoms with van der Waals surface area (Å²) in [6.07, 6.45) is 3.83. The van der Waals surface area contributed by atoms with E-state index in [1.807, 2.05) is 59.6 Å². The van der Waals surface area contributed by atoms with E-state index in [-0.39, 0.29) is 0 Å². The summed E-state index contributed by atoms with van der Waals surface area (Å²) in [5.41, 5.74) is 9.58. The Bertz CT molecular complexity index is 639. The number of hydrogen-bond acceptors (Lipinski definition) is 2. The summed E-state index contributed by atoms with van der Waals surface area (Å²) in [6, 6.07) is 17.9. The predicted octanol–water partition coefficient (Wildman–Crippen LogP) is 3.12. The fourth-order valence-electron chi connectivity index (χ4n) is 1.87. The van der Waals surface area contributed by atoms with E-state index >= 15 is 0 Å². The second kappa shape index (κ2) is 4.37. The third-order valence-electron chi connectivity index (χ3n) is 2.84. The van der Waals surface area contributed by atoms with Crippen molar-refractivity contribution in [1.82, 2.24) is 9.55 Å². The van der Waals surface area contributed by atoms with Crippen molar-refractivity contribution >= 4 is 5.69 Å². The van der Waals surface area contributed by atoms with Gasteiger partial charge in [0.2, 0.25) is 0 Å². The number of anilines is 1. The molecular formula is C15H13N3. The molecule has 0 unspecified atom stereocenters. The van der Waals surface area contributed by atoms with Gasteiger partial charge in [0.1, 0.15) is 0 Å². The van der Waals surface area contributed by atoms with Crippen LogP contribution in [0.2, 0.25) is 0 Å². The van der Waals surface area contributed by atoms with Crippen molar-refractivity contribution in [3.8, 4) is 16.9 Å². The van der Waals surface area contributed by atoms with Crippen LogP contribution in [-0.4, -0.2) is 9.55 Å².